The molecule has 0 spiro atoms. The maximum Gasteiger partial charge on any atom is 0.233 e. The monoisotopic (exact) mass is 271 g/mol. The summed E-state index contributed by atoms with van der Waals surface area (Å²) in [6.07, 6.45) is 1.71. The fourth-order valence-electron chi connectivity index (χ4n) is 2.31. The summed E-state index contributed by atoms with van der Waals surface area (Å²) in [5.41, 5.74) is 2.18. The number of phenols is 2. The van der Waals surface area contributed by atoms with Gasteiger partial charge in [-0.15, -0.1) is 0 Å². The average molecular weight is 271 g/mol. The lowest BCUT2D eigenvalue weighted by Crippen LogP contribution is -2.26. The molecule has 0 fully saturated rings. The van der Waals surface area contributed by atoms with Crippen molar-refractivity contribution in [2.75, 3.05) is 4.90 Å². The Balaban J connectivity index is 1.96. The van der Waals surface area contributed by atoms with Crippen LogP contribution < -0.4 is 4.90 Å². The van der Waals surface area contributed by atoms with E-state index in [9.17, 15) is 15.0 Å². The van der Waals surface area contributed by atoms with E-state index in [4.69, 9.17) is 0 Å². The van der Waals surface area contributed by atoms with E-state index in [1.165, 1.54) is 23.4 Å². The molecule has 1 aromatic heterocycles. The third kappa shape index (κ3) is 1.95. The molecule has 6 nitrogen and oxygen atoms in total. The van der Waals surface area contributed by atoms with Crippen molar-refractivity contribution in [2.45, 2.75) is 19.9 Å². The number of aryl methyl sites for hydroxylation is 1. The van der Waals surface area contributed by atoms with Crippen LogP contribution in [0, 0.1) is 6.92 Å². The molecule has 0 saturated carbocycles. The first-order valence-electron chi connectivity index (χ1n) is 6.18. The van der Waals surface area contributed by atoms with Gasteiger partial charge in [-0.2, -0.15) is 0 Å². The summed E-state index contributed by atoms with van der Waals surface area (Å²) in [6.45, 7) is 2.06. The highest BCUT2D eigenvalue weighted by Crippen LogP contribution is 2.31. The van der Waals surface area contributed by atoms with Crippen LogP contribution in [-0.2, 0) is 17.8 Å². The lowest BCUT2D eigenvalue weighted by Gasteiger charge is -2.17. The number of aromatic hydroxyl groups is 2. The number of benzene rings is 1. The number of nitrogens with zero attached hydrogens (tertiary/aromatic N) is 3. The number of phenolic OH excluding ortho intramolecular Hbond substituents is 2. The van der Waals surface area contributed by atoms with E-state index in [2.05, 4.69) is 9.97 Å². The fourth-order valence-corrected chi connectivity index (χ4v) is 2.31. The van der Waals surface area contributed by atoms with E-state index in [1.807, 2.05) is 6.92 Å². The van der Waals surface area contributed by atoms with Crippen LogP contribution in [0.15, 0.2) is 24.5 Å². The summed E-state index contributed by atoms with van der Waals surface area (Å²) in [6, 6.07) is 4.31. The number of anilines is 1. The van der Waals surface area contributed by atoms with E-state index < -0.39 is 0 Å². The standard InChI is InChI=1S/C14H13N3O3/c1-8-11-5-13(20)17(14(11)16-7-15-8)6-9-2-3-10(18)4-12(9)19/h2-4,7,18-19H,5-6H2,1H3. The molecule has 2 heterocycles. The number of carbonyl (C=O) groups excluding carboxylic acids is 1. The van der Waals surface area contributed by atoms with Gasteiger partial charge in [0.25, 0.3) is 0 Å². The molecule has 1 aliphatic rings. The largest absolute Gasteiger partial charge is 0.508 e. The van der Waals surface area contributed by atoms with E-state index in [0.717, 1.165) is 11.3 Å². The number of rotatable bonds is 2. The molecule has 3 rings (SSSR count). The number of aromatic nitrogens is 2. The van der Waals surface area contributed by atoms with Gasteiger partial charge in [0.2, 0.25) is 5.91 Å². The van der Waals surface area contributed by atoms with E-state index in [0.29, 0.717) is 11.4 Å². The molecular formula is C14H13N3O3. The zero-order chi connectivity index (χ0) is 14.3. The lowest BCUT2D eigenvalue weighted by molar-refractivity contribution is -0.117. The third-order valence-electron chi connectivity index (χ3n) is 3.42. The minimum absolute atomic E-state index is 0.0161. The van der Waals surface area contributed by atoms with Gasteiger partial charge in [-0.25, -0.2) is 9.97 Å². The highest BCUT2D eigenvalue weighted by Gasteiger charge is 2.30. The average Bonchev–Trinajstić information content (AvgIpc) is 2.71. The Morgan fingerprint density at radius 1 is 1.30 bits per heavy atom. The summed E-state index contributed by atoms with van der Waals surface area (Å²) >= 11 is 0. The first kappa shape index (κ1) is 12.4. The third-order valence-corrected chi connectivity index (χ3v) is 3.42. The van der Waals surface area contributed by atoms with Crippen LogP contribution in [0.5, 0.6) is 11.5 Å². The summed E-state index contributed by atoms with van der Waals surface area (Å²) < 4.78 is 0. The summed E-state index contributed by atoms with van der Waals surface area (Å²) in [5.74, 6) is 0.459. The second-order valence-electron chi connectivity index (χ2n) is 4.73. The highest BCUT2D eigenvalue weighted by molar-refractivity contribution is 6.00. The molecule has 1 aliphatic heterocycles. The van der Waals surface area contributed by atoms with Crippen LogP contribution in [-0.4, -0.2) is 26.1 Å². The summed E-state index contributed by atoms with van der Waals surface area (Å²) in [5, 5.41) is 19.1. The van der Waals surface area contributed by atoms with Crippen molar-refractivity contribution in [1.82, 2.24) is 9.97 Å². The van der Waals surface area contributed by atoms with Gasteiger partial charge in [0.15, 0.2) is 0 Å². The van der Waals surface area contributed by atoms with Gasteiger partial charge < -0.3 is 10.2 Å². The lowest BCUT2D eigenvalue weighted by atomic mass is 10.2. The van der Waals surface area contributed by atoms with Crippen LogP contribution in [0.25, 0.3) is 0 Å². The van der Waals surface area contributed by atoms with Gasteiger partial charge in [-0.05, 0) is 19.1 Å². The fraction of sp³-hybridized carbons (Fsp3) is 0.214. The van der Waals surface area contributed by atoms with Crippen molar-refractivity contribution in [3.63, 3.8) is 0 Å². The molecule has 1 aromatic carbocycles. The Hall–Kier alpha value is -2.63. The topological polar surface area (TPSA) is 86.6 Å². The van der Waals surface area contributed by atoms with Gasteiger partial charge in [-0.1, -0.05) is 0 Å². The van der Waals surface area contributed by atoms with Crippen molar-refractivity contribution in [2.24, 2.45) is 0 Å². The van der Waals surface area contributed by atoms with Crippen LogP contribution in [0.2, 0.25) is 0 Å². The number of hydrogen-bond acceptors (Lipinski definition) is 5. The smallest absolute Gasteiger partial charge is 0.233 e. The minimum Gasteiger partial charge on any atom is -0.508 e. The van der Waals surface area contributed by atoms with Gasteiger partial charge in [0.1, 0.15) is 23.6 Å². The van der Waals surface area contributed by atoms with Gasteiger partial charge in [0, 0.05) is 22.9 Å². The molecule has 20 heavy (non-hydrogen) atoms. The van der Waals surface area contributed by atoms with Crippen molar-refractivity contribution < 1.29 is 15.0 Å². The predicted molar refractivity (Wildman–Crippen MR) is 71.4 cm³/mol. The molecule has 102 valence electrons. The van der Waals surface area contributed by atoms with Gasteiger partial charge in [-0.3, -0.25) is 9.69 Å². The maximum absolute atomic E-state index is 12.1. The number of fused-ring (bicyclic) bond motifs is 1. The van der Waals surface area contributed by atoms with E-state index >= 15 is 0 Å². The summed E-state index contributed by atoms with van der Waals surface area (Å²) in [4.78, 5) is 21.9. The minimum atomic E-state index is -0.0731. The van der Waals surface area contributed by atoms with Crippen LogP contribution in [0.1, 0.15) is 16.8 Å². The number of amides is 1. The Bertz CT molecular complexity index is 700. The molecule has 0 radical (unpaired) electrons. The molecule has 0 bridgehead atoms. The molecule has 1 amide bonds. The van der Waals surface area contributed by atoms with E-state index in [1.54, 1.807) is 6.07 Å². The Morgan fingerprint density at radius 2 is 2.10 bits per heavy atom. The van der Waals surface area contributed by atoms with Crippen molar-refractivity contribution in [1.29, 1.82) is 0 Å². The normalized spacial score (nSPS) is 13.7. The molecule has 6 heteroatoms. The van der Waals surface area contributed by atoms with Crippen LogP contribution in [0.4, 0.5) is 5.82 Å². The van der Waals surface area contributed by atoms with Crippen molar-refractivity contribution >= 4 is 11.7 Å². The Kier molecular flexibility index (Phi) is 2.78. The first-order valence-corrected chi connectivity index (χ1v) is 6.18. The SMILES string of the molecule is Cc1ncnc2c1CC(=O)N2Cc1ccc(O)cc1O. The van der Waals surface area contributed by atoms with Crippen LogP contribution in [0.3, 0.4) is 0 Å². The van der Waals surface area contributed by atoms with Crippen LogP contribution >= 0.6 is 0 Å². The zero-order valence-corrected chi connectivity index (χ0v) is 10.9. The molecule has 0 saturated heterocycles. The second-order valence-corrected chi connectivity index (χ2v) is 4.73. The predicted octanol–water partition coefficient (Wildman–Crippen LogP) is 1.29. The van der Waals surface area contributed by atoms with Crippen molar-refractivity contribution in [3.05, 3.63) is 41.3 Å². The molecule has 0 unspecified atom stereocenters. The second kappa shape index (κ2) is 4.48. The summed E-state index contributed by atoms with van der Waals surface area (Å²) in [7, 11) is 0. The van der Waals surface area contributed by atoms with Gasteiger partial charge in [0.05, 0.1) is 13.0 Å². The molecule has 2 aromatic rings. The number of hydrogen-bond donors (Lipinski definition) is 2. The molecule has 0 aliphatic carbocycles. The quantitative estimate of drug-likeness (QED) is 0.859. The van der Waals surface area contributed by atoms with Gasteiger partial charge >= 0.3 is 0 Å². The number of carbonyl (C=O) groups is 1. The molecule has 2 N–H and O–H groups in total. The maximum atomic E-state index is 12.1. The first-order chi connectivity index (χ1) is 9.56. The highest BCUT2D eigenvalue weighted by atomic mass is 16.3. The van der Waals surface area contributed by atoms with Crippen molar-refractivity contribution in [3.8, 4) is 11.5 Å². The Labute approximate surface area is 115 Å². The molecular weight excluding hydrogens is 258 g/mol. The zero-order valence-electron chi connectivity index (χ0n) is 10.9. The Morgan fingerprint density at radius 3 is 2.85 bits per heavy atom. The molecule has 0 atom stereocenters. The van der Waals surface area contributed by atoms with E-state index in [-0.39, 0.29) is 30.4 Å².